The first-order chi connectivity index (χ1) is 6.27. The van der Waals surface area contributed by atoms with Gasteiger partial charge >= 0.3 is 0 Å². The second-order valence-electron chi connectivity index (χ2n) is 3.35. The minimum atomic E-state index is 0.479. The summed E-state index contributed by atoms with van der Waals surface area (Å²) in [6, 6.07) is 1.81. The van der Waals surface area contributed by atoms with Gasteiger partial charge in [-0.25, -0.2) is 0 Å². The smallest absolute Gasteiger partial charge is 0.212 e. The van der Waals surface area contributed by atoms with Gasteiger partial charge in [0.05, 0.1) is 4.47 Å². The molecular formula is C9H13BrN2O. The summed E-state index contributed by atoms with van der Waals surface area (Å²) in [5.74, 6) is 1.37. The van der Waals surface area contributed by atoms with Crippen LogP contribution in [0.1, 0.15) is 19.3 Å². The molecule has 4 heteroatoms. The minimum absolute atomic E-state index is 0.479. The van der Waals surface area contributed by atoms with E-state index in [1.54, 1.807) is 0 Å². The topological polar surface area (TPSA) is 42.4 Å². The fourth-order valence-electron chi connectivity index (χ4n) is 1.69. The van der Waals surface area contributed by atoms with E-state index in [4.69, 9.17) is 10.2 Å². The van der Waals surface area contributed by atoms with Gasteiger partial charge in [-0.1, -0.05) is 0 Å². The number of rotatable bonds is 1. The molecule has 0 spiro atoms. The molecule has 0 aliphatic carbocycles. The molecule has 3 nitrogen and oxygen atoms in total. The third-order valence-corrected chi connectivity index (χ3v) is 2.90. The summed E-state index contributed by atoms with van der Waals surface area (Å²) in [5.41, 5.74) is 5.56. The molecule has 0 unspecified atom stereocenters. The number of halogens is 1. The Kier molecular flexibility index (Phi) is 2.49. The molecule has 2 heterocycles. The molecule has 0 aromatic carbocycles. The minimum Gasteiger partial charge on any atom is -0.424 e. The van der Waals surface area contributed by atoms with Crippen molar-refractivity contribution in [2.45, 2.75) is 19.3 Å². The third-order valence-electron chi connectivity index (χ3n) is 2.33. The molecule has 1 aromatic heterocycles. The van der Waals surface area contributed by atoms with E-state index in [1.165, 1.54) is 19.3 Å². The molecule has 72 valence electrons. The lowest BCUT2D eigenvalue weighted by Gasteiger charge is -2.26. The lowest BCUT2D eigenvalue weighted by Crippen LogP contribution is -2.29. The Morgan fingerprint density at radius 3 is 2.54 bits per heavy atom. The van der Waals surface area contributed by atoms with Gasteiger partial charge in [-0.15, -0.1) is 0 Å². The maximum Gasteiger partial charge on any atom is 0.212 e. The molecule has 0 atom stereocenters. The quantitative estimate of drug-likeness (QED) is 0.826. The van der Waals surface area contributed by atoms with Crippen molar-refractivity contribution >= 4 is 27.7 Å². The first-order valence-electron chi connectivity index (χ1n) is 4.57. The molecule has 0 radical (unpaired) electrons. The van der Waals surface area contributed by atoms with Crippen molar-refractivity contribution < 1.29 is 4.42 Å². The molecule has 2 N–H and O–H groups in total. The van der Waals surface area contributed by atoms with E-state index >= 15 is 0 Å². The number of hydrogen-bond acceptors (Lipinski definition) is 3. The fourth-order valence-corrected chi connectivity index (χ4v) is 2.25. The van der Waals surface area contributed by atoms with Crippen molar-refractivity contribution in [1.82, 2.24) is 0 Å². The van der Waals surface area contributed by atoms with Crippen molar-refractivity contribution in [3.63, 3.8) is 0 Å². The fraction of sp³-hybridized carbons (Fsp3) is 0.556. The molecule has 0 amide bonds. The van der Waals surface area contributed by atoms with E-state index < -0.39 is 0 Å². The van der Waals surface area contributed by atoms with Crippen molar-refractivity contribution in [1.29, 1.82) is 0 Å². The van der Waals surface area contributed by atoms with Gasteiger partial charge in [0, 0.05) is 19.2 Å². The molecule has 1 fully saturated rings. The summed E-state index contributed by atoms with van der Waals surface area (Å²) < 4.78 is 6.38. The van der Waals surface area contributed by atoms with Gasteiger partial charge in [0.1, 0.15) is 0 Å². The Morgan fingerprint density at radius 2 is 2.00 bits per heavy atom. The zero-order chi connectivity index (χ0) is 9.26. The van der Waals surface area contributed by atoms with Crippen LogP contribution in [0, 0.1) is 0 Å². The maximum atomic E-state index is 5.56. The highest BCUT2D eigenvalue weighted by molar-refractivity contribution is 9.10. The lowest BCUT2D eigenvalue weighted by molar-refractivity contribution is 0.508. The molecular weight excluding hydrogens is 232 g/mol. The largest absolute Gasteiger partial charge is 0.424 e. The van der Waals surface area contributed by atoms with Crippen LogP contribution in [0.4, 0.5) is 11.8 Å². The lowest BCUT2D eigenvalue weighted by atomic mass is 10.1. The highest BCUT2D eigenvalue weighted by atomic mass is 79.9. The second kappa shape index (κ2) is 3.62. The Hall–Kier alpha value is -0.640. The van der Waals surface area contributed by atoms with Crippen molar-refractivity contribution in [2.75, 3.05) is 23.7 Å². The molecule has 1 aromatic rings. The summed E-state index contributed by atoms with van der Waals surface area (Å²) in [5, 5.41) is 0. The predicted molar refractivity (Wildman–Crippen MR) is 56.9 cm³/mol. The number of anilines is 2. The van der Waals surface area contributed by atoms with Gasteiger partial charge in [-0.2, -0.15) is 0 Å². The monoisotopic (exact) mass is 244 g/mol. The van der Waals surface area contributed by atoms with Crippen LogP contribution in [0.25, 0.3) is 0 Å². The van der Waals surface area contributed by atoms with E-state index in [0.29, 0.717) is 5.88 Å². The summed E-state index contributed by atoms with van der Waals surface area (Å²) in [6.45, 7) is 2.15. The van der Waals surface area contributed by atoms with Gasteiger partial charge in [0.2, 0.25) is 5.88 Å². The van der Waals surface area contributed by atoms with E-state index in [2.05, 4.69) is 20.8 Å². The first-order valence-corrected chi connectivity index (χ1v) is 5.36. The second-order valence-corrected chi connectivity index (χ2v) is 4.20. The summed E-state index contributed by atoms with van der Waals surface area (Å²) in [4.78, 5) is 2.24. The number of hydrogen-bond donors (Lipinski definition) is 1. The van der Waals surface area contributed by atoms with Crippen molar-refractivity contribution in [3.8, 4) is 0 Å². The van der Waals surface area contributed by atoms with Gasteiger partial charge < -0.3 is 15.1 Å². The number of furan rings is 1. The van der Waals surface area contributed by atoms with E-state index in [1.807, 2.05) is 6.07 Å². The molecule has 1 aliphatic rings. The highest BCUT2D eigenvalue weighted by Gasteiger charge is 2.17. The molecule has 1 aliphatic heterocycles. The number of nitrogen functional groups attached to an aromatic ring is 1. The number of nitrogens with zero attached hydrogens (tertiary/aromatic N) is 1. The molecule has 13 heavy (non-hydrogen) atoms. The summed E-state index contributed by atoms with van der Waals surface area (Å²) in [6.07, 6.45) is 3.81. The van der Waals surface area contributed by atoms with Crippen molar-refractivity contribution in [2.24, 2.45) is 0 Å². The maximum absolute atomic E-state index is 5.56. The van der Waals surface area contributed by atoms with Crippen molar-refractivity contribution in [3.05, 3.63) is 10.5 Å². The van der Waals surface area contributed by atoms with Gasteiger partial charge in [-0.3, -0.25) is 0 Å². The number of piperidine rings is 1. The average Bonchev–Trinajstić information content (AvgIpc) is 2.47. The standard InChI is InChI=1S/C9H13BrN2O/c10-7-6-8(11)13-9(7)12-4-2-1-3-5-12/h6H,1-5,11H2. The van der Waals surface area contributed by atoms with Gasteiger partial charge in [0.15, 0.2) is 5.88 Å². The normalized spacial score (nSPS) is 17.8. The zero-order valence-corrected chi connectivity index (χ0v) is 9.01. The molecule has 0 saturated carbocycles. The van der Waals surface area contributed by atoms with E-state index in [0.717, 1.165) is 23.4 Å². The third kappa shape index (κ3) is 1.82. The van der Waals surface area contributed by atoms with Crippen LogP contribution in [-0.4, -0.2) is 13.1 Å². The van der Waals surface area contributed by atoms with E-state index in [-0.39, 0.29) is 0 Å². The first kappa shape index (κ1) is 8.94. The van der Waals surface area contributed by atoms with Crippen LogP contribution in [0.15, 0.2) is 15.0 Å². The van der Waals surface area contributed by atoms with E-state index in [9.17, 15) is 0 Å². The van der Waals surface area contributed by atoms with Crippen LogP contribution < -0.4 is 10.6 Å². The zero-order valence-electron chi connectivity index (χ0n) is 7.42. The van der Waals surface area contributed by atoms with Crippen LogP contribution in [0.5, 0.6) is 0 Å². The Labute approximate surface area is 86.0 Å². The molecule has 1 saturated heterocycles. The highest BCUT2D eigenvalue weighted by Crippen LogP contribution is 2.32. The average molecular weight is 245 g/mol. The molecule has 2 rings (SSSR count). The van der Waals surface area contributed by atoms with Crippen LogP contribution in [-0.2, 0) is 0 Å². The van der Waals surface area contributed by atoms with Crippen LogP contribution >= 0.6 is 15.9 Å². The van der Waals surface area contributed by atoms with Gasteiger partial charge in [0.25, 0.3) is 0 Å². The molecule has 0 bridgehead atoms. The van der Waals surface area contributed by atoms with Crippen LogP contribution in [0.2, 0.25) is 0 Å². The number of nitrogens with two attached hydrogens (primary N) is 1. The Bertz CT molecular complexity index is 292. The van der Waals surface area contributed by atoms with Gasteiger partial charge in [-0.05, 0) is 35.2 Å². The van der Waals surface area contributed by atoms with Crippen LogP contribution in [0.3, 0.4) is 0 Å². The predicted octanol–water partition coefficient (Wildman–Crippen LogP) is 2.61. The Balaban J connectivity index is 2.18. The SMILES string of the molecule is Nc1cc(Br)c(N2CCCCC2)o1. The summed E-state index contributed by atoms with van der Waals surface area (Å²) >= 11 is 3.44. The summed E-state index contributed by atoms with van der Waals surface area (Å²) in [7, 11) is 0. The Morgan fingerprint density at radius 1 is 1.31 bits per heavy atom.